The van der Waals surface area contributed by atoms with Crippen molar-refractivity contribution in [1.29, 1.82) is 0 Å². The molecular weight excluding hydrogens is 622 g/mol. The number of benzene rings is 4. The summed E-state index contributed by atoms with van der Waals surface area (Å²) in [6.07, 6.45) is 0.947. The fourth-order valence-electron chi connectivity index (χ4n) is 4.99. The maximum absolute atomic E-state index is 14.5. The first-order valence-electron chi connectivity index (χ1n) is 15.3. The van der Waals surface area contributed by atoms with Gasteiger partial charge in [-0.05, 0) is 79.9 Å². The number of anilines is 1. The fraction of sp³-hybridized carbons (Fsp3) is 0.278. The number of aryl methyl sites for hydroxylation is 1. The van der Waals surface area contributed by atoms with Gasteiger partial charge in [-0.3, -0.25) is 13.9 Å². The smallest absolute Gasteiger partial charge is 0.264 e. The van der Waals surface area contributed by atoms with Crippen molar-refractivity contribution in [3.8, 4) is 5.75 Å². The van der Waals surface area contributed by atoms with Crippen molar-refractivity contribution in [3.63, 3.8) is 0 Å². The predicted octanol–water partition coefficient (Wildman–Crippen LogP) is 6.41. The third-order valence-corrected chi connectivity index (χ3v) is 9.41. The predicted molar refractivity (Wildman–Crippen MR) is 183 cm³/mol. The van der Waals surface area contributed by atoms with Gasteiger partial charge in [0, 0.05) is 24.5 Å². The molecule has 0 radical (unpaired) electrons. The number of amides is 2. The molecule has 10 heteroatoms. The summed E-state index contributed by atoms with van der Waals surface area (Å²) in [6, 6.07) is 28.6. The van der Waals surface area contributed by atoms with Crippen LogP contribution in [0.2, 0.25) is 5.02 Å². The van der Waals surface area contributed by atoms with Gasteiger partial charge in [0.05, 0.1) is 17.2 Å². The van der Waals surface area contributed by atoms with Crippen molar-refractivity contribution in [2.75, 3.05) is 24.0 Å². The number of nitrogens with one attached hydrogen (secondary N) is 1. The Balaban J connectivity index is 1.79. The number of carbonyl (C=O) groups is 2. The highest BCUT2D eigenvalue weighted by Crippen LogP contribution is 2.27. The Kier molecular flexibility index (Phi) is 12.2. The van der Waals surface area contributed by atoms with Crippen molar-refractivity contribution in [1.82, 2.24) is 10.2 Å². The molecule has 0 saturated heterocycles. The Bertz CT molecular complexity index is 1700. The van der Waals surface area contributed by atoms with Gasteiger partial charge in [0.2, 0.25) is 11.8 Å². The molecule has 2 amide bonds. The van der Waals surface area contributed by atoms with Crippen molar-refractivity contribution < 1.29 is 22.7 Å². The molecule has 46 heavy (non-hydrogen) atoms. The SMILES string of the molecule is CCCNC(=O)C(Cc1ccccc1)N(Cc1cccc(Cl)c1)C(=O)CN(c1ccc(OCC)cc1)S(=O)(=O)c1ccc(C)cc1. The number of nitrogens with zero attached hydrogens (tertiary/aromatic N) is 2. The molecule has 1 atom stereocenters. The number of rotatable bonds is 15. The topological polar surface area (TPSA) is 96.0 Å². The molecule has 0 heterocycles. The van der Waals surface area contributed by atoms with Crippen molar-refractivity contribution in [2.45, 2.75) is 51.1 Å². The van der Waals surface area contributed by atoms with Crippen LogP contribution in [-0.2, 0) is 32.6 Å². The Morgan fingerprint density at radius 2 is 1.54 bits per heavy atom. The summed E-state index contributed by atoms with van der Waals surface area (Å²) in [5.41, 5.74) is 2.75. The fourth-order valence-corrected chi connectivity index (χ4v) is 6.62. The minimum atomic E-state index is -4.20. The van der Waals surface area contributed by atoms with Gasteiger partial charge in [-0.25, -0.2) is 8.42 Å². The van der Waals surface area contributed by atoms with Crippen molar-refractivity contribution in [2.24, 2.45) is 0 Å². The average molecular weight is 662 g/mol. The second kappa shape index (κ2) is 16.3. The van der Waals surface area contributed by atoms with Crippen LogP contribution in [0.4, 0.5) is 5.69 Å². The lowest BCUT2D eigenvalue weighted by molar-refractivity contribution is -0.140. The zero-order chi connectivity index (χ0) is 33.1. The quantitative estimate of drug-likeness (QED) is 0.159. The van der Waals surface area contributed by atoms with E-state index in [1.54, 1.807) is 54.6 Å². The van der Waals surface area contributed by atoms with Crippen LogP contribution in [0.5, 0.6) is 5.75 Å². The molecular formula is C36H40ClN3O5S. The van der Waals surface area contributed by atoms with E-state index in [1.807, 2.05) is 57.2 Å². The van der Waals surface area contributed by atoms with Crippen LogP contribution in [0.15, 0.2) is 108 Å². The maximum atomic E-state index is 14.5. The van der Waals surface area contributed by atoms with Crippen LogP contribution in [0.1, 0.15) is 37.0 Å². The molecule has 4 aromatic carbocycles. The lowest BCUT2D eigenvalue weighted by Crippen LogP contribution is -2.53. The van der Waals surface area contributed by atoms with Crippen LogP contribution in [0, 0.1) is 6.92 Å². The van der Waals surface area contributed by atoms with Gasteiger partial charge < -0.3 is 15.0 Å². The lowest BCUT2D eigenvalue weighted by Gasteiger charge is -2.34. The van der Waals surface area contributed by atoms with Gasteiger partial charge in [-0.1, -0.05) is 78.7 Å². The van der Waals surface area contributed by atoms with Crippen LogP contribution < -0.4 is 14.4 Å². The molecule has 1 unspecified atom stereocenters. The zero-order valence-corrected chi connectivity index (χ0v) is 27.9. The highest BCUT2D eigenvalue weighted by atomic mass is 35.5. The Morgan fingerprint density at radius 1 is 0.870 bits per heavy atom. The highest BCUT2D eigenvalue weighted by Gasteiger charge is 2.34. The first-order chi connectivity index (χ1) is 22.1. The van der Waals surface area contributed by atoms with Gasteiger partial charge in [-0.15, -0.1) is 0 Å². The summed E-state index contributed by atoms with van der Waals surface area (Å²) >= 11 is 6.31. The van der Waals surface area contributed by atoms with E-state index in [-0.39, 0.29) is 29.5 Å². The van der Waals surface area contributed by atoms with E-state index in [9.17, 15) is 18.0 Å². The molecule has 4 rings (SSSR count). The molecule has 0 fully saturated rings. The van der Waals surface area contributed by atoms with Crippen molar-refractivity contribution in [3.05, 3.63) is 125 Å². The first kappa shape index (κ1) is 34.5. The standard InChI is InChI=1S/C36H40ClN3O5S/c1-4-22-38-36(42)34(24-28-10-7-6-8-11-28)39(25-29-12-9-13-30(37)23-29)35(41)26-40(31-16-18-32(19-17-31)45-5-2)46(43,44)33-20-14-27(3)15-21-33/h6-21,23,34H,4-5,22,24-26H2,1-3H3,(H,38,42). The second-order valence-corrected chi connectivity index (χ2v) is 13.2. The summed E-state index contributed by atoms with van der Waals surface area (Å²) in [5.74, 6) is -0.296. The molecule has 8 nitrogen and oxygen atoms in total. The van der Waals surface area contributed by atoms with E-state index in [0.717, 1.165) is 15.4 Å². The van der Waals surface area contributed by atoms with Crippen LogP contribution in [-0.4, -0.2) is 50.9 Å². The Hall–Kier alpha value is -4.34. The Morgan fingerprint density at radius 3 is 2.17 bits per heavy atom. The van der Waals surface area contributed by atoms with Crippen LogP contribution in [0.3, 0.4) is 0 Å². The maximum Gasteiger partial charge on any atom is 0.264 e. The monoisotopic (exact) mass is 661 g/mol. The van der Waals surface area contributed by atoms with Gasteiger partial charge in [0.1, 0.15) is 18.3 Å². The van der Waals surface area contributed by atoms with E-state index in [2.05, 4.69) is 5.32 Å². The molecule has 0 aliphatic heterocycles. The third-order valence-electron chi connectivity index (χ3n) is 7.39. The van der Waals surface area contributed by atoms with E-state index in [4.69, 9.17) is 16.3 Å². The molecule has 0 saturated carbocycles. The summed E-state index contributed by atoms with van der Waals surface area (Å²) < 4.78 is 35.0. The molecule has 0 spiro atoms. The minimum Gasteiger partial charge on any atom is -0.494 e. The third kappa shape index (κ3) is 9.11. The van der Waals surface area contributed by atoms with E-state index < -0.39 is 28.5 Å². The van der Waals surface area contributed by atoms with Crippen LogP contribution >= 0.6 is 11.6 Å². The number of halogens is 1. The van der Waals surface area contributed by atoms with E-state index >= 15 is 0 Å². The van der Waals surface area contributed by atoms with E-state index in [0.29, 0.717) is 35.9 Å². The lowest BCUT2D eigenvalue weighted by atomic mass is 10.0. The molecule has 0 aliphatic carbocycles. The molecule has 4 aromatic rings. The van der Waals surface area contributed by atoms with Gasteiger partial charge >= 0.3 is 0 Å². The molecule has 0 aromatic heterocycles. The number of hydrogen-bond donors (Lipinski definition) is 1. The van der Waals surface area contributed by atoms with Gasteiger partial charge in [0.25, 0.3) is 10.0 Å². The molecule has 0 aliphatic rings. The van der Waals surface area contributed by atoms with Gasteiger partial charge in [0.15, 0.2) is 0 Å². The largest absolute Gasteiger partial charge is 0.494 e. The average Bonchev–Trinajstić information content (AvgIpc) is 3.05. The normalized spacial score (nSPS) is 11.8. The van der Waals surface area contributed by atoms with Crippen molar-refractivity contribution >= 4 is 39.1 Å². The number of sulfonamides is 1. The summed E-state index contributed by atoms with van der Waals surface area (Å²) in [7, 11) is -4.20. The molecule has 0 bridgehead atoms. The summed E-state index contributed by atoms with van der Waals surface area (Å²) in [6.45, 7) is 6.06. The second-order valence-electron chi connectivity index (χ2n) is 10.9. The van der Waals surface area contributed by atoms with E-state index in [1.165, 1.54) is 17.0 Å². The first-order valence-corrected chi connectivity index (χ1v) is 17.1. The minimum absolute atomic E-state index is 0.0398. The summed E-state index contributed by atoms with van der Waals surface area (Å²) in [4.78, 5) is 29.7. The number of ether oxygens (including phenoxy) is 1. The zero-order valence-electron chi connectivity index (χ0n) is 26.4. The van der Waals surface area contributed by atoms with Crippen LogP contribution in [0.25, 0.3) is 0 Å². The Labute approximate surface area is 277 Å². The molecule has 242 valence electrons. The molecule has 1 N–H and O–H groups in total. The highest BCUT2D eigenvalue weighted by molar-refractivity contribution is 7.92. The number of hydrogen-bond acceptors (Lipinski definition) is 5. The summed E-state index contributed by atoms with van der Waals surface area (Å²) in [5, 5.41) is 3.43. The van der Waals surface area contributed by atoms with Gasteiger partial charge in [-0.2, -0.15) is 0 Å². The number of carbonyl (C=O) groups excluding carboxylic acids is 2.